The molecule has 2 aliphatic heterocycles. The smallest absolute Gasteiger partial charge is 0.229 e. The van der Waals surface area contributed by atoms with Crippen molar-refractivity contribution >= 4 is 28.0 Å². The van der Waals surface area contributed by atoms with Gasteiger partial charge in [0.25, 0.3) is 0 Å². The van der Waals surface area contributed by atoms with Crippen LogP contribution >= 0.6 is 0 Å². The van der Waals surface area contributed by atoms with Crippen LogP contribution in [0.25, 0.3) is 22.2 Å². The second-order valence-electron chi connectivity index (χ2n) is 8.73. The van der Waals surface area contributed by atoms with Gasteiger partial charge in [-0.2, -0.15) is 0 Å². The molecule has 1 atom stereocenters. The number of aryl methyl sites for hydroxylation is 1. The molecule has 0 radical (unpaired) electrons. The zero-order valence-electron chi connectivity index (χ0n) is 16.5. The van der Waals surface area contributed by atoms with Crippen LogP contribution in [0.15, 0.2) is 10.7 Å². The molecular weight excluding hydrogens is 340 g/mol. The van der Waals surface area contributed by atoms with Gasteiger partial charge in [0.1, 0.15) is 11.8 Å². The summed E-state index contributed by atoms with van der Waals surface area (Å²) in [6.07, 6.45) is 4.96. The maximum absolute atomic E-state index is 6.27. The van der Waals surface area contributed by atoms with Gasteiger partial charge in [-0.05, 0) is 45.1 Å². The van der Waals surface area contributed by atoms with E-state index in [9.17, 15) is 0 Å². The third-order valence-electron chi connectivity index (χ3n) is 5.97. The summed E-state index contributed by atoms with van der Waals surface area (Å²) >= 11 is 0. The summed E-state index contributed by atoms with van der Waals surface area (Å²) in [5.74, 6) is 1.57. The topological polar surface area (TPSA) is 64.3 Å². The lowest BCUT2D eigenvalue weighted by Gasteiger charge is -2.32. The minimum atomic E-state index is -0.199. The zero-order chi connectivity index (χ0) is 18.8. The number of hydrogen-bond acceptors (Lipinski definition) is 6. The highest BCUT2D eigenvalue weighted by Gasteiger charge is 2.32. The molecule has 6 nitrogen and oxygen atoms in total. The molecule has 3 aromatic rings. The van der Waals surface area contributed by atoms with Crippen molar-refractivity contribution in [3.63, 3.8) is 0 Å². The first-order chi connectivity index (χ1) is 12.9. The van der Waals surface area contributed by atoms with Gasteiger partial charge in [-0.25, -0.2) is 15.0 Å². The summed E-state index contributed by atoms with van der Waals surface area (Å²) in [6.45, 7) is 11.2. The molecule has 0 saturated carbocycles. The quantitative estimate of drug-likeness (QED) is 0.644. The Balaban J connectivity index is 1.75. The molecule has 0 bridgehead atoms. The molecule has 142 valence electrons. The number of fused-ring (bicyclic) bond motifs is 5. The Morgan fingerprint density at radius 3 is 2.89 bits per heavy atom. The number of hydrogen-bond donors (Lipinski definition) is 0. The number of rotatable bonds is 1. The van der Waals surface area contributed by atoms with E-state index in [1.807, 2.05) is 6.92 Å². The molecule has 0 spiro atoms. The van der Waals surface area contributed by atoms with Crippen LogP contribution in [0, 0.1) is 12.8 Å². The maximum Gasteiger partial charge on any atom is 0.229 e. The van der Waals surface area contributed by atoms with E-state index in [1.54, 1.807) is 6.33 Å². The third-order valence-corrected chi connectivity index (χ3v) is 5.97. The van der Waals surface area contributed by atoms with Crippen LogP contribution in [0.2, 0.25) is 0 Å². The van der Waals surface area contributed by atoms with Crippen molar-refractivity contribution in [3.05, 3.63) is 23.1 Å². The van der Waals surface area contributed by atoms with Crippen LogP contribution in [0.3, 0.4) is 0 Å². The average Bonchev–Trinajstić information content (AvgIpc) is 2.99. The minimum Gasteiger partial charge on any atom is -0.432 e. The number of furan rings is 1. The van der Waals surface area contributed by atoms with Gasteiger partial charge in [-0.3, -0.25) is 0 Å². The highest BCUT2D eigenvalue weighted by atomic mass is 16.5. The van der Waals surface area contributed by atoms with Gasteiger partial charge in [0.2, 0.25) is 5.71 Å². The van der Waals surface area contributed by atoms with Crippen molar-refractivity contribution in [2.45, 2.75) is 59.2 Å². The monoisotopic (exact) mass is 366 g/mol. The number of pyridine rings is 1. The highest BCUT2D eigenvalue weighted by molar-refractivity contribution is 6.06. The minimum absolute atomic E-state index is 0.199. The second kappa shape index (κ2) is 5.89. The fraction of sp³-hybridized carbons (Fsp3) is 0.571. The zero-order valence-corrected chi connectivity index (χ0v) is 16.5. The average molecular weight is 366 g/mol. The summed E-state index contributed by atoms with van der Waals surface area (Å²) in [7, 11) is 0. The van der Waals surface area contributed by atoms with Crippen LogP contribution < -0.4 is 4.90 Å². The van der Waals surface area contributed by atoms with Crippen LogP contribution in [0.4, 0.5) is 5.82 Å². The summed E-state index contributed by atoms with van der Waals surface area (Å²) in [4.78, 5) is 16.3. The van der Waals surface area contributed by atoms with Gasteiger partial charge in [0, 0.05) is 30.8 Å². The van der Waals surface area contributed by atoms with E-state index in [2.05, 4.69) is 35.6 Å². The molecule has 0 N–H and O–H groups in total. The van der Waals surface area contributed by atoms with E-state index in [0.29, 0.717) is 18.2 Å². The number of ether oxygens (including phenoxy) is 1. The van der Waals surface area contributed by atoms with Crippen molar-refractivity contribution in [1.29, 1.82) is 0 Å². The molecule has 0 unspecified atom stereocenters. The standard InChI is InChI=1S/C21H26N4O2/c1-12-6-5-7-25(9-12)19-18-17(22-11-23-19)16-14-8-21(3,4)26-10-15(14)13(2)24-20(16)27-18/h11-12H,5-10H2,1-4H3/t12-/m1/s1. The molecule has 0 aromatic carbocycles. The van der Waals surface area contributed by atoms with E-state index >= 15 is 0 Å². The highest BCUT2D eigenvalue weighted by Crippen LogP contribution is 2.40. The molecule has 6 heteroatoms. The number of piperidine rings is 1. The van der Waals surface area contributed by atoms with Crippen LogP contribution in [0.5, 0.6) is 0 Å². The first-order valence-electron chi connectivity index (χ1n) is 9.87. The Bertz CT molecular complexity index is 1040. The summed E-state index contributed by atoms with van der Waals surface area (Å²) in [5, 5.41) is 1.04. The van der Waals surface area contributed by atoms with Gasteiger partial charge < -0.3 is 14.1 Å². The fourth-order valence-corrected chi connectivity index (χ4v) is 4.56. The Kier molecular flexibility index (Phi) is 3.69. The van der Waals surface area contributed by atoms with Crippen LogP contribution in [-0.2, 0) is 17.8 Å². The van der Waals surface area contributed by atoms with Crippen molar-refractivity contribution < 1.29 is 9.15 Å². The molecule has 5 heterocycles. The lowest BCUT2D eigenvalue weighted by Crippen LogP contribution is -2.34. The van der Waals surface area contributed by atoms with Crippen molar-refractivity contribution in [2.24, 2.45) is 5.92 Å². The third kappa shape index (κ3) is 2.69. The van der Waals surface area contributed by atoms with Crippen molar-refractivity contribution in [1.82, 2.24) is 15.0 Å². The normalized spacial score (nSPS) is 22.4. The van der Waals surface area contributed by atoms with E-state index < -0.39 is 0 Å². The SMILES string of the molecule is Cc1nc2oc3c(N4CCC[C@@H](C)C4)ncnc3c2c2c1COC(C)(C)C2. The lowest BCUT2D eigenvalue weighted by atomic mass is 9.89. The second-order valence-corrected chi connectivity index (χ2v) is 8.73. The van der Waals surface area contributed by atoms with E-state index in [0.717, 1.165) is 47.5 Å². The Hall–Kier alpha value is -2.21. The molecule has 0 amide bonds. The fourth-order valence-electron chi connectivity index (χ4n) is 4.56. The maximum atomic E-state index is 6.27. The van der Waals surface area contributed by atoms with Gasteiger partial charge in [-0.1, -0.05) is 6.92 Å². The molecule has 2 aliphatic rings. The predicted molar refractivity (Wildman–Crippen MR) is 105 cm³/mol. The number of anilines is 1. The molecular formula is C21H26N4O2. The number of aromatic nitrogens is 3. The van der Waals surface area contributed by atoms with E-state index in [-0.39, 0.29) is 5.60 Å². The van der Waals surface area contributed by atoms with Crippen LogP contribution in [-0.4, -0.2) is 33.6 Å². The van der Waals surface area contributed by atoms with Crippen molar-refractivity contribution in [3.8, 4) is 0 Å². The first kappa shape index (κ1) is 16.9. The lowest BCUT2D eigenvalue weighted by molar-refractivity contribution is -0.0400. The summed E-state index contributed by atoms with van der Waals surface area (Å²) < 4.78 is 12.3. The predicted octanol–water partition coefficient (Wildman–Crippen LogP) is 4.17. The first-order valence-corrected chi connectivity index (χ1v) is 9.87. The molecule has 27 heavy (non-hydrogen) atoms. The van der Waals surface area contributed by atoms with Gasteiger partial charge in [-0.15, -0.1) is 0 Å². The van der Waals surface area contributed by atoms with E-state index in [4.69, 9.17) is 14.1 Å². The Labute approximate surface area is 158 Å². The largest absolute Gasteiger partial charge is 0.432 e. The van der Waals surface area contributed by atoms with Gasteiger partial charge in [0.15, 0.2) is 11.4 Å². The van der Waals surface area contributed by atoms with Crippen LogP contribution in [0.1, 0.15) is 50.4 Å². The van der Waals surface area contributed by atoms with Gasteiger partial charge >= 0.3 is 0 Å². The summed E-state index contributed by atoms with van der Waals surface area (Å²) in [6, 6.07) is 0. The Morgan fingerprint density at radius 1 is 1.22 bits per heavy atom. The molecule has 1 saturated heterocycles. The summed E-state index contributed by atoms with van der Waals surface area (Å²) in [5.41, 5.74) is 5.55. The molecule has 5 rings (SSSR count). The van der Waals surface area contributed by atoms with E-state index in [1.165, 1.54) is 24.0 Å². The molecule has 1 fully saturated rings. The van der Waals surface area contributed by atoms with Gasteiger partial charge in [0.05, 0.1) is 17.6 Å². The van der Waals surface area contributed by atoms with Crippen molar-refractivity contribution in [2.75, 3.05) is 18.0 Å². The number of nitrogens with zero attached hydrogens (tertiary/aromatic N) is 4. The Morgan fingerprint density at radius 2 is 2.07 bits per heavy atom. The molecule has 0 aliphatic carbocycles. The molecule has 3 aromatic heterocycles.